The van der Waals surface area contributed by atoms with Gasteiger partial charge in [0.1, 0.15) is 6.61 Å². The van der Waals surface area contributed by atoms with Crippen LogP contribution in [0.1, 0.15) is 97.8 Å². The molecule has 0 saturated carbocycles. The first kappa shape index (κ1) is 26.1. The summed E-state index contributed by atoms with van der Waals surface area (Å²) in [6.07, 6.45) is 18.3. The van der Waals surface area contributed by atoms with Gasteiger partial charge in [0.15, 0.2) is 5.79 Å². The van der Waals surface area contributed by atoms with Gasteiger partial charge in [-0.3, -0.25) is 4.79 Å². The summed E-state index contributed by atoms with van der Waals surface area (Å²) < 4.78 is 16.6. The van der Waals surface area contributed by atoms with Gasteiger partial charge in [0, 0.05) is 6.42 Å². The van der Waals surface area contributed by atoms with E-state index >= 15 is 0 Å². The summed E-state index contributed by atoms with van der Waals surface area (Å²) in [4.78, 5) is 12.0. The van der Waals surface area contributed by atoms with E-state index in [4.69, 9.17) is 14.2 Å². The van der Waals surface area contributed by atoms with Crippen molar-refractivity contribution in [1.82, 2.24) is 0 Å². The lowest BCUT2D eigenvalue weighted by atomic mass is 9.91. The van der Waals surface area contributed by atoms with Crippen LogP contribution in [0, 0.1) is 5.41 Å². The van der Waals surface area contributed by atoms with E-state index in [-0.39, 0.29) is 19.2 Å². The SMILES string of the molecule is CCCCCC/C=C\CCCCCCCC(=O)OCC1(CO)COC(C)(C)OC1. The van der Waals surface area contributed by atoms with Crippen molar-refractivity contribution in [2.75, 3.05) is 26.4 Å². The Morgan fingerprint density at radius 3 is 2.07 bits per heavy atom. The minimum Gasteiger partial charge on any atom is -0.465 e. The van der Waals surface area contributed by atoms with Crippen molar-refractivity contribution < 1.29 is 24.1 Å². The molecule has 5 heteroatoms. The number of aliphatic hydroxyl groups is 1. The molecule has 1 rings (SSSR count). The highest BCUT2D eigenvalue weighted by Crippen LogP contribution is 2.29. The zero-order valence-corrected chi connectivity index (χ0v) is 19.0. The molecule has 0 atom stereocenters. The van der Waals surface area contributed by atoms with E-state index in [1.54, 1.807) is 0 Å². The van der Waals surface area contributed by atoms with Crippen LogP contribution in [-0.4, -0.2) is 43.3 Å². The van der Waals surface area contributed by atoms with Crippen LogP contribution < -0.4 is 0 Å². The van der Waals surface area contributed by atoms with Crippen molar-refractivity contribution in [2.24, 2.45) is 5.41 Å². The molecule has 1 aliphatic rings. The van der Waals surface area contributed by atoms with Crippen LogP contribution in [0.4, 0.5) is 0 Å². The van der Waals surface area contributed by atoms with Gasteiger partial charge in [-0.15, -0.1) is 0 Å². The minimum atomic E-state index is -0.646. The number of allylic oxidation sites excluding steroid dienone is 2. The zero-order chi connectivity index (χ0) is 21.4. The van der Waals surface area contributed by atoms with Crippen LogP contribution in [0.15, 0.2) is 12.2 Å². The van der Waals surface area contributed by atoms with E-state index in [2.05, 4.69) is 19.1 Å². The molecule has 0 aliphatic carbocycles. The lowest BCUT2D eigenvalue weighted by molar-refractivity contribution is -0.295. The predicted molar refractivity (Wildman–Crippen MR) is 117 cm³/mol. The summed E-state index contributed by atoms with van der Waals surface area (Å²) in [5, 5.41) is 9.67. The number of ether oxygens (including phenoxy) is 3. The third-order valence-corrected chi connectivity index (χ3v) is 5.47. The van der Waals surface area contributed by atoms with Gasteiger partial charge in [-0.2, -0.15) is 0 Å². The van der Waals surface area contributed by atoms with E-state index in [9.17, 15) is 9.90 Å². The van der Waals surface area contributed by atoms with E-state index < -0.39 is 11.2 Å². The average molecular weight is 413 g/mol. The number of rotatable bonds is 16. The molecule has 1 saturated heterocycles. The predicted octanol–water partition coefficient (Wildman–Crippen LogP) is 5.55. The van der Waals surface area contributed by atoms with Gasteiger partial charge in [0.2, 0.25) is 0 Å². The van der Waals surface area contributed by atoms with Crippen LogP contribution in [0.3, 0.4) is 0 Å². The Hall–Kier alpha value is -0.910. The first-order valence-electron chi connectivity index (χ1n) is 11.6. The summed E-state index contributed by atoms with van der Waals surface area (Å²) >= 11 is 0. The topological polar surface area (TPSA) is 65.0 Å². The highest BCUT2D eigenvalue weighted by atomic mass is 16.7. The van der Waals surface area contributed by atoms with Gasteiger partial charge in [-0.25, -0.2) is 0 Å². The summed E-state index contributed by atoms with van der Waals surface area (Å²) in [6, 6.07) is 0. The summed E-state index contributed by atoms with van der Waals surface area (Å²) in [6.45, 7) is 6.60. The van der Waals surface area contributed by atoms with Crippen LogP contribution >= 0.6 is 0 Å². The normalized spacial score (nSPS) is 18.2. The summed E-state index contributed by atoms with van der Waals surface area (Å²) in [5.74, 6) is -0.846. The smallest absolute Gasteiger partial charge is 0.305 e. The number of carbonyl (C=O) groups excluding carboxylic acids is 1. The van der Waals surface area contributed by atoms with E-state index in [0.29, 0.717) is 19.6 Å². The van der Waals surface area contributed by atoms with Crippen molar-refractivity contribution in [2.45, 2.75) is 104 Å². The monoisotopic (exact) mass is 412 g/mol. The standard InChI is InChI=1S/C24H44O5/c1-4-5-6-7-8-9-10-11-12-13-14-15-16-17-22(26)27-19-24(18-25)20-28-23(2,3)29-21-24/h9-10,25H,4-8,11-21H2,1-3H3/b10-9-. The van der Waals surface area contributed by atoms with Crippen molar-refractivity contribution in [3.63, 3.8) is 0 Å². The van der Waals surface area contributed by atoms with Gasteiger partial charge >= 0.3 is 5.97 Å². The second-order valence-electron chi connectivity index (χ2n) is 8.92. The largest absolute Gasteiger partial charge is 0.465 e. The molecule has 0 unspecified atom stereocenters. The third kappa shape index (κ3) is 12.4. The fourth-order valence-electron chi connectivity index (χ4n) is 3.25. The molecule has 5 nitrogen and oxygen atoms in total. The number of carbonyl (C=O) groups is 1. The molecule has 0 aromatic carbocycles. The third-order valence-electron chi connectivity index (χ3n) is 5.47. The van der Waals surface area contributed by atoms with Crippen molar-refractivity contribution >= 4 is 5.97 Å². The molecule has 0 bridgehead atoms. The maximum atomic E-state index is 12.0. The molecule has 0 aromatic heterocycles. The molecule has 1 fully saturated rings. The number of hydrogen-bond acceptors (Lipinski definition) is 5. The summed E-state index contributed by atoms with van der Waals surface area (Å²) in [7, 11) is 0. The van der Waals surface area contributed by atoms with Crippen LogP contribution in [0.2, 0.25) is 0 Å². The number of aliphatic hydroxyl groups excluding tert-OH is 1. The fraction of sp³-hybridized carbons (Fsp3) is 0.875. The maximum Gasteiger partial charge on any atom is 0.305 e. The zero-order valence-electron chi connectivity index (χ0n) is 19.0. The van der Waals surface area contributed by atoms with Gasteiger partial charge in [0.25, 0.3) is 0 Å². The Balaban J connectivity index is 1.98. The molecular formula is C24H44O5. The van der Waals surface area contributed by atoms with E-state index in [1.807, 2.05) is 13.8 Å². The lowest BCUT2D eigenvalue weighted by Crippen LogP contribution is -2.51. The highest BCUT2D eigenvalue weighted by Gasteiger charge is 2.41. The van der Waals surface area contributed by atoms with Gasteiger partial charge in [-0.1, -0.05) is 57.6 Å². The second-order valence-corrected chi connectivity index (χ2v) is 8.92. The minimum absolute atomic E-state index is 0.121. The Morgan fingerprint density at radius 1 is 0.931 bits per heavy atom. The average Bonchev–Trinajstić information content (AvgIpc) is 2.71. The molecule has 1 aliphatic heterocycles. The van der Waals surface area contributed by atoms with Crippen molar-refractivity contribution in [3.8, 4) is 0 Å². The molecule has 0 aromatic rings. The summed E-state index contributed by atoms with van der Waals surface area (Å²) in [5.41, 5.74) is -0.644. The highest BCUT2D eigenvalue weighted by molar-refractivity contribution is 5.69. The lowest BCUT2D eigenvalue weighted by Gasteiger charge is -2.41. The Labute approximate surface area is 178 Å². The Bertz CT molecular complexity index is 448. The fourth-order valence-corrected chi connectivity index (χ4v) is 3.25. The first-order valence-corrected chi connectivity index (χ1v) is 11.6. The molecule has 0 amide bonds. The second kappa shape index (κ2) is 15.0. The van der Waals surface area contributed by atoms with Crippen LogP contribution in [0.5, 0.6) is 0 Å². The van der Waals surface area contributed by atoms with E-state index in [1.165, 1.54) is 51.4 Å². The van der Waals surface area contributed by atoms with E-state index in [0.717, 1.165) is 19.3 Å². The maximum absolute atomic E-state index is 12.0. The number of unbranched alkanes of at least 4 members (excludes halogenated alkanes) is 9. The van der Waals surface area contributed by atoms with Crippen molar-refractivity contribution in [3.05, 3.63) is 12.2 Å². The molecule has 1 heterocycles. The Kier molecular flexibility index (Phi) is 13.5. The number of esters is 1. The molecular weight excluding hydrogens is 368 g/mol. The van der Waals surface area contributed by atoms with Crippen molar-refractivity contribution in [1.29, 1.82) is 0 Å². The van der Waals surface area contributed by atoms with Crippen LogP contribution in [-0.2, 0) is 19.0 Å². The Morgan fingerprint density at radius 2 is 1.48 bits per heavy atom. The van der Waals surface area contributed by atoms with Gasteiger partial charge in [-0.05, 0) is 46.0 Å². The molecule has 1 N–H and O–H groups in total. The molecule has 29 heavy (non-hydrogen) atoms. The van der Waals surface area contributed by atoms with Crippen LogP contribution in [0.25, 0.3) is 0 Å². The quantitative estimate of drug-likeness (QED) is 0.205. The molecule has 0 radical (unpaired) electrons. The van der Waals surface area contributed by atoms with Gasteiger partial charge in [0.05, 0.1) is 25.2 Å². The molecule has 0 spiro atoms. The molecule has 170 valence electrons. The number of hydrogen-bond donors (Lipinski definition) is 1. The first-order chi connectivity index (χ1) is 13.9. The van der Waals surface area contributed by atoms with Gasteiger partial charge < -0.3 is 19.3 Å².